The predicted octanol–water partition coefficient (Wildman–Crippen LogP) is 2.15. The van der Waals surface area contributed by atoms with E-state index in [4.69, 9.17) is 5.73 Å². The van der Waals surface area contributed by atoms with Crippen LogP contribution >= 0.6 is 24.8 Å². The predicted molar refractivity (Wildman–Crippen MR) is 92.3 cm³/mol. The van der Waals surface area contributed by atoms with E-state index >= 15 is 0 Å². The average molecular weight is 340 g/mol. The number of carbonyl (C=O) groups excluding carboxylic acids is 1. The molecule has 1 aliphatic heterocycles. The summed E-state index contributed by atoms with van der Waals surface area (Å²) in [6, 6.07) is 0.106. The molecule has 0 radical (unpaired) electrons. The summed E-state index contributed by atoms with van der Waals surface area (Å²) in [5.74, 6) is 1.08. The van der Waals surface area contributed by atoms with Gasteiger partial charge in [0.1, 0.15) is 0 Å². The van der Waals surface area contributed by atoms with Gasteiger partial charge in [-0.3, -0.25) is 4.79 Å². The van der Waals surface area contributed by atoms with Gasteiger partial charge in [0.25, 0.3) is 0 Å². The van der Waals surface area contributed by atoms with Gasteiger partial charge in [-0.2, -0.15) is 0 Å². The molecule has 0 aromatic heterocycles. The summed E-state index contributed by atoms with van der Waals surface area (Å²) in [6.07, 6.45) is 5.49. The molecule has 1 amide bonds. The summed E-state index contributed by atoms with van der Waals surface area (Å²) in [7, 11) is 2.18. The fourth-order valence-corrected chi connectivity index (χ4v) is 3.63. The fraction of sp³-hybridized carbons (Fsp3) is 0.933. The van der Waals surface area contributed by atoms with Crippen molar-refractivity contribution in [3.05, 3.63) is 0 Å². The van der Waals surface area contributed by atoms with Gasteiger partial charge in [0.2, 0.25) is 5.91 Å². The Balaban J connectivity index is 0.00000200. The molecule has 1 saturated heterocycles. The summed E-state index contributed by atoms with van der Waals surface area (Å²) in [5, 5.41) is 0. The van der Waals surface area contributed by atoms with Crippen LogP contribution in [0.1, 0.15) is 39.0 Å². The van der Waals surface area contributed by atoms with Crippen LogP contribution in [0.3, 0.4) is 0 Å². The molecule has 3 unspecified atom stereocenters. The van der Waals surface area contributed by atoms with E-state index in [1.54, 1.807) is 0 Å². The second-order valence-corrected chi connectivity index (χ2v) is 6.40. The van der Waals surface area contributed by atoms with Gasteiger partial charge in [-0.25, -0.2) is 0 Å². The van der Waals surface area contributed by atoms with Crippen LogP contribution in [0.4, 0.5) is 0 Å². The van der Waals surface area contributed by atoms with Crippen LogP contribution in [0.5, 0.6) is 0 Å². The Kier molecular flexibility index (Phi) is 9.87. The minimum Gasteiger partial charge on any atom is -0.342 e. The molecular weight excluding hydrogens is 309 g/mol. The van der Waals surface area contributed by atoms with Crippen LogP contribution in [0, 0.1) is 11.8 Å². The number of amides is 1. The topological polar surface area (TPSA) is 49.6 Å². The number of halogens is 2. The molecular formula is C15H31Cl2N3O. The average Bonchev–Trinajstić information content (AvgIpc) is 2.98. The van der Waals surface area contributed by atoms with E-state index in [0.717, 1.165) is 51.9 Å². The van der Waals surface area contributed by atoms with E-state index < -0.39 is 0 Å². The fourth-order valence-electron chi connectivity index (χ4n) is 3.63. The van der Waals surface area contributed by atoms with Crippen molar-refractivity contribution in [2.24, 2.45) is 17.6 Å². The molecule has 0 aromatic rings. The summed E-state index contributed by atoms with van der Waals surface area (Å²) in [4.78, 5) is 16.9. The van der Waals surface area contributed by atoms with Gasteiger partial charge in [0.15, 0.2) is 0 Å². The molecule has 0 bridgehead atoms. The monoisotopic (exact) mass is 339 g/mol. The largest absolute Gasteiger partial charge is 0.342 e. The van der Waals surface area contributed by atoms with Crippen LogP contribution in [0.2, 0.25) is 0 Å². The molecule has 21 heavy (non-hydrogen) atoms. The first kappa shape index (κ1) is 21.0. The second-order valence-electron chi connectivity index (χ2n) is 6.40. The maximum absolute atomic E-state index is 12.4. The number of hydrogen-bond acceptors (Lipinski definition) is 3. The Morgan fingerprint density at radius 3 is 2.57 bits per heavy atom. The van der Waals surface area contributed by atoms with Crippen LogP contribution in [-0.2, 0) is 4.79 Å². The summed E-state index contributed by atoms with van der Waals surface area (Å²) >= 11 is 0. The smallest absolute Gasteiger partial charge is 0.227 e. The summed E-state index contributed by atoms with van der Waals surface area (Å²) < 4.78 is 0. The minimum atomic E-state index is 0. The highest BCUT2D eigenvalue weighted by molar-refractivity contribution is 5.85. The Hall–Kier alpha value is -0.0300. The molecule has 2 fully saturated rings. The maximum atomic E-state index is 12.4. The molecule has 3 atom stereocenters. The Bertz CT molecular complexity index is 317. The van der Waals surface area contributed by atoms with Crippen LogP contribution in [0.15, 0.2) is 0 Å². The molecule has 0 spiro atoms. The molecule has 126 valence electrons. The Labute approximate surface area is 141 Å². The van der Waals surface area contributed by atoms with Gasteiger partial charge < -0.3 is 15.5 Å². The third-order valence-corrected chi connectivity index (χ3v) is 4.66. The lowest BCUT2D eigenvalue weighted by atomic mass is 10.0. The van der Waals surface area contributed by atoms with Crippen molar-refractivity contribution in [1.29, 1.82) is 0 Å². The number of rotatable bonds is 5. The van der Waals surface area contributed by atoms with Crippen LogP contribution < -0.4 is 5.73 Å². The molecule has 1 aliphatic carbocycles. The molecule has 6 heteroatoms. The zero-order valence-corrected chi connectivity index (χ0v) is 14.9. The minimum absolute atomic E-state index is 0. The van der Waals surface area contributed by atoms with Crippen molar-refractivity contribution in [1.82, 2.24) is 9.80 Å². The molecule has 2 aliphatic rings. The van der Waals surface area contributed by atoms with E-state index in [9.17, 15) is 4.79 Å². The first-order valence-electron chi connectivity index (χ1n) is 7.84. The van der Waals surface area contributed by atoms with Gasteiger partial charge >= 0.3 is 0 Å². The number of likely N-dealkylation sites (tertiary alicyclic amines) is 1. The van der Waals surface area contributed by atoms with Crippen molar-refractivity contribution in [3.8, 4) is 0 Å². The van der Waals surface area contributed by atoms with E-state index in [1.165, 1.54) is 6.42 Å². The second kappa shape index (κ2) is 9.88. The van der Waals surface area contributed by atoms with E-state index in [-0.39, 0.29) is 36.8 Å². The van der Waals surface area contributed by atoms with Crippen LogP contribution in [-0.4, -0.2) is 55.0 Å². The number of hydrogen-bond donors (Lipinski definition) is 1. The lowest BCUT2D eigenvalue weighted by Gasteiger charge is -2.24. The third kappa shape index (κ3) is 5.59. The lowest BCUT2D eigenvalue weighted by molar-refractivity contribution is -0.134. The molecule has 4 nitrogen and oxygen atoms in total. The quantitative estimate of drug-likeness (QED) is 0.834. The first-order valence-corrected chi connectivity index (χ1v) is 7.84. The van der Waals surface area contributed by atoms with Gasteiger partial charge in [-0.05, 0) is 45.2 Å². The SMILES string of the molecule is CCCN(C)CC1CCN(C(=O)C2CCCC2N)C1.Cl.Cl. The van der Waals surface area contributed by atoms with E-state index in [1.807, 2.05) is 0 Å². The van der Waals surface area contributed by atoms with E-state index in [2.05, 4.69) is 23.8 Å². The summed E-state index contributed by atoms with van der Waals surface area (Å²) in [5.41, 5.74) is 6.05. The maximum Gasteiger partial charge on any atom is 0.227 e. The number of carbonyl (C=O) groups is 1. The number of nitrogens with two attached hydrogens (primary N) is 1. The highest BCUT2D eigenvalue weighted by Gasteiger charge is 2.36. The van der Waals surface area contributed by atoms with Gasteiger partial charge in [-0.1, -0.05) is 13.3 Å². The van der Waals surface area contributed by atoms with Crippen molar-refractivity contribution < 1.29 is 4.79 Å². The third-order valence-electron chi connectivity index (χ3n) is 4.66. The van der Waals surface area contributed by atoms with Crippen LogP contribution in [0.25, 0.3) is 0 Å². The first-order chi connectivity index (χ1) is 9.11. The molecule has 2 rings (SSSR count). The van der Waals surface area contributed by atoms with Crippen molar-refractivity contribution in [2.45, 2.75) is 45.1 Å². The molecule has 1 saturated carbocycles. The van der Waals surface area contributed by atoms with Crippen molar-refractivity contribution in [2.75, 3.05) is 33.2 Å². The Morgan fingerprint density at radius 1 is 1.29 bits per heavy atom. The molecule has 0 aromatic carbocycles. The zero-order chi connectivity index (χ0) is 13.8. The molecule has 1 heterocycles. The normalized spacial score (nSPS) is 28.4. The number of nitrogens with zero attached hydrogens (tertiary/aromatic N) is 2. The van der Waals surface area contributed by atoms with Gasteiger partial charge in [-0.15, -0.1) is 24.8 Å². The lowest BCUT2D eigenvalue weighted by Crippen LogP contribution is -2.41. The molecule has 2 N–H and O–H groups in total. The van der Waals surface area contributed by atoms with Gasteiger partial charge in [0.05, 0.1) is 5.92 Å². The summed E-state index contributed by atoms with van der Waals surface area (Å²) in [6.45, 7) is 6.36. The highest BCUT2D eigenvalue weighted by Crippen LogP contribution is 2.28. The van der Waals surface area contributed by atoms with Crippen molar-refractivity contribution >= 4 is 30.7 Å². The highest BCUT2D eigenvalue weighted by atomic mass is 35.5. The zero-order valence-electron chi connectivity index (χ0n) is 13.3. The van der Waals surface area contributed by atoms with E-state index in [0.29, 0.717) is 11.8 Å². The standard InChI is InChI=1S/C15H29N3O.2ClH/c1-3-8-17(2)10-12-7-9-18(11-12)15(19)13-5-4-6-14(13)16;;/h12-14H,3-11,16H2,1-2H3;2*1H. The van der Waals surface area contributed by atoms with Gasteiger partial charge in [0, 0.05) is 25.7 Å². The Morgan fingerprint density at radius 2 is 2.00 bits per heavy atom. The van der Waals surface area contributed by atoms with Crippen molar-refractivity contribution in [3.63, 3.8) is 0 Å².